The van der Waals surface area contributed by atoms with Crippen molar-refractivity contribution >= 4 is 5.97 Å². The molecule has 0 aromatic carbocycles. The van der Waals surface area contributed by atoms with Crippen molar-refractivity contribution in [1.29, 1.82) is 0 Å². The lowest BCUT2D eigenvalue weighted by atomic mass is 9.91. The van der Waals surface area contributed by atoms with E-state index >= 15 is 0 Å². The van der Waals surface area contributed by atoms with Crippen molar-refractivity contribution in [1.82, 2.24) is 0 Å². The molecule has 0 amide bonds. The quantitative estimate of drug-likeness (QED) is 0.570. The first kappa shape index (κ1) is 18.0. The molecule has 114 valence electrons. The van der Waals surface area contributed by atoms with Crippen LogP contribution in [0.4, 0.5) is 30.7 Å². The molecule has 0 radical (unpaired) electrons. The number of hydrogen-bond donors (Lipinski definition) is 0. The third-order valence-electron chi connectivity index (χ3n) is 2.64. The molecule has 0 N–H and O–H groups in total. The van der Waals surface area contributed by atoms with Gasteiger partial charge in [-0.2, -0.15) is 30.7 Å². The molecule has 0 aromatic heterocycles. The van der Waals surface area contributed by atoms with Crippen molar-refractivity contribution in [2.45, 2.75) is 45.2 Å². The fourth-order valence-electron chi connectivity index (χ4n) is 0.794. The minimum absolute atomic E-state index is 0.146. The molecule has 9 heteroatoms. The van der Waals surface area contributed by atoms with Crippen LogP contribution < -0.4 is 0 Å². The zero-order valence-electron chi connectivity index (χ0n) is 10.4. The minimum atomic E-state index is -6.43. The Bertz CT molecular complexity index is 333. The van der Waals surface area contributed by atoms with E-state index < -0.39 is 36.0 Å². The molecule has 0 aliphatic rings. The number of alkyl halides is 7. The maximum atomic E-state index is 12.8. The number of carbonyl (C=O) groups is 1. The Morgan fingerprint density at radius 2 is 1.42 bits per heavy atom. The minimum Gasteiger partial charge on any atom is -0.459 e. The van der Waals surface area contributed by atoms with Crippen LogP contribution in [-0.4, -0.2) is 30.6 Å². The van der Waals surface area contributed by atoms with Crippen LogP contribution in [-0.2, 0) is 9.53 Å². The molecular formula is C10H13F7O2. The molecule has 0 spiro atoms. The molecule has 0 heterocycles. The molecule has 0 rings (SSSR count). The van der Waals surface area contributed by atoms with E-state index in [-0.39, 0.29) is 6.42 Å². The number of halogens is 7. The predicted molar refractivity (Wildman–Crippen MR) is 51.0 cm³/mol. The third-order valence-corrected chi connectivity index (χ3v) is 2.64. The van der Waals surface area contributed by atoms with Crippen LogP contribution in [0.15, 0.2) is 0 Å². The van der Waals surface area contributed by atoms with Crippen molar-refractivity contribution in [3.63, 3.8) is 0 Å². The van der Waals surface area contributed by atoms with Gasteiger partial charge in [0.15, 0.2) is 6.61 Å². The van der Waals surface area contributed by atoms with E-state index in [0.717, 1.165) is 0 Å². The maximum Gasteiger partial charge on any atom is 0.460 e. The maximum absolute atomic E-state index is 12.8. The Kier molecular flexibility index (Phi) is 4.89. The molecule has 0 fully saturated rings. The second-order valence-electron chi connectivity index (χ2n) is 4.59. The lowest BCUT2D eigenvalue weighted by Crippen LogP contribution is -2.54. The molecule has 0 atom stereocenters. The lowest BCUT2D eigenvalue weighted by Gasteiger charge is -2.29. The van der Waals surface area contributed by atoms with Gasteiger partial charge in [-0.05, 0) is 20.3 Å². The molecule has 2 nitrogen and oxygen atoms in total. The van der Waals surface area contributed by atoms with Crippen molar-refractivity contribution < 1.29 is 40.3 Å². The van der Waals surface area contributed by atoms with E-state index in [4.69, 9.17) is 0 Å². The van der Waals surface area contributed by atoms with Crippen molar-refractivity contribution in [3.8, 4) is 0 Å². The van der Waals surface area contributed by atoms with Crippen LogP contribution >= 0.6 is 0 Å². The molecule has 0 bridgehead atoms. The largest absolute Gasteiger partial charge is 0.460 e. The SMILES string of the molecule is CCC(C)(C)C(=O)OCC(F)(F)C(F)(F)C(F)(F)F. The van der Waals surface area contributed by atoms with Crippen LogP contribution in [0.25, 0.3) is 0 Å². The Hall–Kier alpha value is -1.02. The molecule has 0 aromatic rings. The zero-order valence-corrected chi connectivity index (χ0v) is 10.4. The first-order valence-corrected chi connectivity index (χ1v) is 5.18. The van der Waals surface area contributed by atoms with Crippen LogP contribution in [0.1, 0.15) is 27.2 Å². The molecule has 0 aliphatic heterocycles. The van der Waals surface area contributed by atoms with E-state index in [0.29, 0.717) is 0 Å². The van der Waals surface area contributed by atoms with Crippen LogP contribution in [0.5, 0.6) is 0 Å². The van der Waals surface area contributed by atoms with E-state index in [1.165, 1.54) is 20.8 Å². The van der Waals surface area contributed by atoms with Crippen molar-refractivity contribution in [2.75, 3.05) is 6.61 Å². The molecule has 0 saturated carbocycles. The molecular weight excluding hydrogens is 285 g/mol. The second-order valence-corrected chi connectivity index (χ2v) is 4.59. The highest BCUT2D eigenvalue weighted by Gasteiger charge is 2.73. The van der Waals surface area contributed by atoms with Gasteiger partial charge in [-0.1, -0.05) is 6.92 Å². The van der Waals surface area contributed by atoms with Crippen LogP contribution in [0.3, 0.4) is 0 Å². The highest BCUT2D eigenvalue weighted by Crippen LogP contribution is 2.46. The third kappa shape index (κ3) is 3.73. The van der Waals surface area contributed by atoms with Crippen LogP contribution in [0, 0.1) is 5.41 Å². The summed E-state index contributed by atoms with van der Waals surface area (Å²) in [5, 5.41) is 0. The Balaban J connectivity index is 4.87. The van der Waals surface area contributed by atoms with Gasteiger partial charge >= 0.3 is 24.0 Å². The van der Waals surface area contributed by atoms with E-state index in [2.05, 4.69) is 4.74 Å². The number of esters is 1. The van der Waals surface area contributed by atoms with Gasteiger partial charge in [-0.25, -0.2) is 0 Å². The van der Waals surface area contributed by atoms with Crippen molar-refractivity contribution in [2.24, 2.45) is 5.41 Å². The van der Waals surface area contributed by atoms with Gasteiger partial charge in [0.1, 0.15) is 0 Å². The first-order valence-electron chi connectivity index (χ1n) is 5.18. The summed E-state index contributed by atoms with van der Waals surface area (Å²) in [7, 11) is 0. The molecule has 0 aliphatic carbocycles. The summed E-state index contributed by atoms with van der Waals surface area (Å²) >= 11 is 0. The molecule has 0 saturated heterocycles. The lowest BCUT2D eigenvalue weighted by molar-refractivity contribution is -0.360. The predicted octanol–water partition coefficient (Wildman–Crippen LogP) is 3.80. The molecule has 19 heavy (non-hydrogen) atoms. The van der Waals surface area contributed by atoms with Gasteiger partial charge in [0.25, 0.3) is 0 Å². The van der Waals surface area contributed by atoms with Gasteiger partial charge in [0.05, 0.1) is 5.41 Å². The summed E-state index contributed by atoms with van der Waals surface area (Å²) in [6, 6.07) is 0. The highest BCUT2D eigenvalue weighted by atomic mass is 19.4. The Morgan fingerprint density at radius 1 is 1.00 bits per heavy atom. The fourth-order valence-corrected chi connectivity index (χ4v) is 0.794. The van der Waals surface area contributed by atoms with Gasteiger partial charge in [0.2, 0.25) is 0 Å². The normalized spacial score (nSPS) is 14.4. The summed E-state index contributed by atoms with van der Waals surface area (Å²) in [4.78, 5) is 11.2. The first-order chi connectivity index (χ1) is 8.19. The molecule has 0 unspecified atom stereocenters. The van der Waals surface area contributed by atoms with Gasteiger partial charge in [-0.3, -0.25) is 4.79 Å². The Morgan fingerprint density at radius 3 is 1.74 bits per heavy atom. The topological polar surface area (TPSA) is 26.3 Å². The highest BCUT2D eigenvalue weighted by molar-refractivity contribution is 5.75. The van der Waals surface area contributed by atoms with E-state index in [9.17, 15) is 35.5 Å². The van der Waals surface area contributed by atoms with Gasteiger partial charge in [0, 0.05) is 0 Å². The van der Waals surface area contributed by atoms with Crippen LogP contribution in [0.2, 0.25) is 0 Å². The van der Waals surface area contributed by atoms with Gasteiger partial charge < -0.3 is 4.74 Å². The Labute approximate surface area is 104 Å². The van der Waals surface area contributed by atoms with E-state index in [1.54, 1.807) is 0 Å². The van der Waals surface area contributed by atoms with E-state index in [1.807, 2.05) is 0 Å². The summed E-state index contributed by atoms with van der Waals surface area (Å²) in [6.07, 6.45) is -6.28. The smallest absolute Gasteiger partial charge is 0.459 e. The second kappa shape index (κ2) is 5.16. The standard InChI is InChI=1S/C10H13F7O2/c1-4-7(2,3)6(18)19-5-8(11,12)9(13,14)10(15,16)17/h4-5H2,1-3H3. The van der Waals surface area contributed by atoms with Gasteiger partial charge in [-0.15, -0.1) is 0 Å². The number of ether oxygens (including phenoxy) is 1. The summed E-state index contributed by atoms with van der Waals surface area (Å²) in [5.41, 5.74) is -1.25. The number of hydrogen-bond acceptors (Lipinski definition) is 2. The average Bonchev–Trinajstić information content (AvgIpc) is 2.24. The monoisotopic (exact) mass is 298 g/mol. The number of carbonyl (C=O) groups excluding carboxylic acids is 1. The fraction of sp³-hybridized carbons (Fsp3) is 0.900. The van der Waals surface area contributed by atoms with Crippen molar-refractivity contribution in [3.05, 3.63) is 0 Å². The number of rotatable bonds is 5. The zero-order chi connectivity index (χ0) is 15.7. The average molecular weight is 298 g/mol. The summed E-state index contributed by atoms with van der Waals surface area (Å²) in [5.74, 6) is -13.1. The summed E-state index contributed by atoms with van der Waals surface area (Å²) < 4.78 is 89.8. The summed E-state index contributed by atoms with van der Waals surface area (Å²) in [6.45, 7) is 1.75.